The van der Waals surface area contributed by atoms with E-state index >= 15 is 0 Å². The van der Waals surface area contributed by atoms with Gasteiger partial charge >= 0.3 is 0 Å². The van der Waals surface area contributed by atoms with E-state index in [9.17, 15) is 24.0 Å². The van der Waals surface area contributed by atoms with Crippen LogP contribution < -0.4 is 61.0 Å². The normalized spacial score (nSPS) is 8.80. The summed E-state index contributed by atoms with van der Waals surface area (Å²) in [5.41, 5.74) is 45.4. The molecular weight excluding hydrogens is 1160 g/mol. The zero-order valence-corrected chi connectivity index (χ0v) is 58.3. The lowest BCUT2D eigenvalue weighted by molar-refractivity contribution is 0.101. The molecular formula is C77H107N11O5. The van der Waals surface area contributed by atoms with Crippen molar-refractivity contribution in [3.05, 3.63) is 246 Å². The van der Waals surface area contributed by atoms with E-state index < -0.39 is 0 Å². The maximum atomic E-state index is 12.3. The summed E-state index contributed by atoms with van der Waals surface area (Å²) in [6.07, 6.45) is 0. The Morgan fingerprint density at radius 1 is 0.183 bits per heavy atom. The number of rotatable bonds is 11. The minimum atomic E-state index is -0.264. The van der Waals surface area contributed by atoms with Gasteiger partial charge < -0.3 is 61.0 Å². The first-order valence-corrected chi connectivity index (χ1v) is 32.1. The van der Waals surface area contributed by atoms with Gasteiger partial charge in [0.2, 0.25) is 0 Å². The first-order chi connectivity index (χ1) is 45.1. The summed E-state index contributed by atoms with van der Waals surface area (Å²) in [4.78, 5) is 61.0. The fourth-order valence-corrected chi connectivity index (χ4v) is 6.88. The van der Waals surface area contributed by atoms with Crippen molar-refractivity contribution in [3.8, 4) is 11.1 Å². The van der Waals surface area contributed by atoms with E-state index in [-0.39, 0.29) is 29.5 Å². The Morgan fingerprint density at radius 3 is 0.430 bits per heavy atom. The number of hydrogen-bond donors (Lipinski definition) is 11. The molecule has 5 amide bonds. The topological polar surface area (TPSA) is 302 Å². The van der Waals surface area contributed by atoms with Crippen LogP contribution in [0.1, 0.15) is 176 Å². The Balaban J connectivity index is -0.00000119. The number of carbonyl (C=O) groups is 5. The van der Waals surface area contributed by atoms with Gasteiger partial charge in [0.25, 0.3) is 29.5 Å². The van der Waals surface area contributed by atoms with Crippen molar-refractivity contribution in [1.29, 1.82) is 0 Å². The van der Waals surface area contributed by atoms with Gasteiger partial charge in [0.1, 0.15) is 0 Å². The SMILES string of the molecule is CC.CC.CC.CC.CC.CC.CC.CC.CC.Nc1ccc(C(=O)Nc2ccc(-c3ccc(NC(=O)c4ccc(N)cc4)cc3)cc2)cc1.Nc1ccc(NC(=O)c2ccc(C(=O)Nc3ccc(N)cc3)cc2)cc1.Nc1ccc(NC(=O)c2ccc(N)cc2)cc1. The second-order valence-corrected chi connectivity index (χ2v) is 16.7. The molecule has 9 aromatic rings. The molecule has 17 N–H and O–H groups in total. The predicted octanol–water partition coefficient (Wildman–Crippen LogP) is 19.7. The van der Waals surface area contributed by atoms with E-state index in [0.717, 1.165) is 11.1 Å². The summed E-state index contributed by atoms with van der Waals surface area (Å²) in [5, 5.41) is 14.1. The quantitative estimate of drug-likeness (QED) is 0.0541. The molecule has 0 aromatic heterocycles. The monoisotopic (exact) mass is 1270 g/mol. The average molecular weight is 1270 g/mol. The molecule has 16 heteroatoms. The number of anilines is 11. The van der Waals surface area contributed by atoms with Crippen LogP contribution in [0.25, 0.3) is 11.1 Å². The van der Waals surface area contributed by atoms with Crippen LogP contribution in [0.5, 0.6) is 0 Å². The molecule has 0 aliphatic heterocycles. The van der Waals surface area contributed by atoms with Crippen LogP contribution >= 0.6 is 0 Å². The minimum Gasteiger partial charge on any atom is -0.399 e. The molecule has 9 rings (SSSR count). The second-order valence-electron chi connectivity index (χ2n) is 16.7. The molecule has 16 nitrogen and oxygen atoms in total. The van der Waals surface area contributed by atoms with Crippen LogP contribution in [0.2, 0.25) is 0 Å². The summed E-state index contributed by atoms with van der Waals surface area (Å²) in [6, 6.07) is 62.5. The maximum absolute atomic E-state index is 12.3. The molecule has 9 aromatic carbocycles. The lowest BCUT2D eigenvalue weighted by atomic mass is 10.0. The first kappa shape index (κ1) is 86.3. The molecule has 0 saturated carbocycles. The number of nitrogen functional groups attached to an aromatic ring is 6. The number of carbonyl (C=O) groups excluding carboxylic acids is 5. The van der Waals surface area contributed by atoms with Crippen LogP contribution in [0.3, 0.4) is 0 Å². The maximum Gasteiger partial charge on any atom is 0.255 e. The molecule has 0 fully saturated rings. The molecule has 500 valence electrons. The molecule has 0 unspecified atom stereocenters. The van der Waals surface area contributed by atoms with Gasteiger partial charge in [0.05, 0.1) is 0 Å². The largest absolute Gasteiger partial charge is 0.399 e. The van der Waals surface area contributed by atoms with Gasteiger partial charge in [-0.2, -0.15) is 0 Å². The number of hydrogen-bond acceptors (Lipinski definition) is 11. The van der Waals surface area contributed by atoms with Gasteiger partial charge in [0, 0.05) is 90.4 Å². The lowest BCUT2D eigenvalue weighted by Gasteiger charge is -2.09. The zero-order chi connectivity index (χ0) is 71.3. The highest BCUT2D eigenvalue weighted by molar-refractivity contribution is 6.08. The lowest BCUT2D eigenvalue weighted by Crippen LogP contribution is -2.14. The van der Waals surface area contributed by atoms with Crippen molar-refractivity contribution in [2.24, 2.45) is 0 Å². The van der Waals surface area contributed by atoms with Crippen LogP contribution in [0, 0.1) is 0 Å². The van der Waals surface area contributed by atoms with E-state index in [1.54, 1.807) is 170 Å². The first-order valence-electron chi connectivity index (χ1n) is 32.1. The predicted molar refractivity (Wildman–Crippen MR) is 405 cm³/mol. The number of amides is 5. The van der Waals surface area contributed by atoms with E-state index in [2.05, 4.69) is 26.6 Å². The standard InChI is InChI=1S/C26H22N4O2.C20H18N4O2.C13H13N3O.9C2H6/c27-21-9-1-19(2-10-21)25(31)29-23-13-5-17(6-14-23)18-7-15-24(16-8-18)30-26(32)20-3-11-22(28)12-4-20;21-15-5-9-17(10-6-15)23-19(25)13-1-2-14(4-3-13)20(26)24-18-11-7-16(22)8-12-18;14-10-3-1-9(2-4-10)13(17)16-12-7-5-11(15)6-8-12;9*1-2/h1-16H,27-28H2,(H,29,31)(H,30,32);1-12H,21-22H2,(H,23,25)(H,24,26);1-8H,14-15H2,(H,16,17);9*1-2H3. The molecule has 0 atom stereocenters. The molecule has 0 radical (unpaired) electrons. The van der Waals surface area contributed by atoms with Crippen molar-refractivity contribution in [2.75, 3.05) is 61.0 Å². The Labute approximate surface area is 556 Å². The van der Waals surface area contributed by atoms with E-state index in [1.807, 2.05) is 173 Å². The molecule has 93 heavy (non-hydrogen) atoms. The molecule has 0 spiro atoms. The number of nitrogens with two attached hydrogens (primary N) is 6. The highest BCUT2D eigenvalue weighted by atomic mass is 16.2. The number of benzene rings is 9. The van der Waals surface area contributed by atoms with Crippen molar-refractivity contribution >= 4 is 92.1 Å². The van der Waals surface area contributed by atoms with Crippen molar-refractivity contribution in [3.63, 3.8) is 0 Å². The van der Waals surface area contributed by atoms with Gasteiger partial charge in [-0.25, -0.2) is 0 Å². The highest BCUT2D eigenvalue weighted by Gasteiger charge is 2.12. The smallest absolute Gasteiger partial charge is 0.255 e. The summed E-state index contributed by atoms with van der Waals surface area (Å²) in [5.74, 6) is -1.09. The third-order valence-corrected chi connectivity index (χ3v) is 11.1. The second kappa shape index (κ2) is 53.0. The van der Waals surface area contributed by atoms with Gasteiger partial charge in [-0.15, -0.1) is 0 Å². The summed E-state index contributed by atoms with van der Waals surface area (Å²) in [6.45, 7) is 36.0. The minimum absolute atomic E-state index is 0.172. The Bertz CT molecular complexity index is 3200. The molecule has 0 bridgehead atoms. The van der Waals surface area contributed by atoms with Crippen LogP contribution in [0.15, 0.2) is 218 Å². The van der Waals surface area contributed by atoms with Crippen molar-refractivity contribution in [1.82, 2.24) is 0 Å². The number of nitrogens with one attached hydrogen (secondary N) is 5. The zero-order valence-electron chi connectivity index (χ0n) is 58.3. The fraction of sp³-hybridized carbons (Fsp3) is 0.234. The molecule has 0 aliphatic carbocycles. The Morgan fingerprint density at radius 2 is 0.290 bits per heavy atom. The average Bonchev–Trinajstić information content (AvgIpc) is 1.10. The van der Waals surface area contributed by atoms with Crippen LogP contribution in [-0.2, 0) is 0 Å². The van der Waals surface area contributed by atoms with Gasteiger partial charge in [-0.1, -0.05) is 149 Å². The summed E-state index contributed by atoms with van der Waals surface area (Å²) in [7, 11) is 0. The fourth-order valence-electron chi connectivity index (χ4n) is 6.88. The van der Waals surface area contributed by atoms with Gasteiger partial charge in [-0.05, 0) is 205 Å². The highest BCUT2D eigenvalue weighted by Crippen LogP contribution is 2.25. The van der Waals surface area contributed by atoms with Crippen LogP contribution in [-0.4, -0.2) is 29.5 Å². The third-order valence-electron chi connectivity index (χ3n) is 11.1. The van der Waals surface area contributed by atoms with Gasteiger partial charge in [-0.3, -0.25) is 24.0 Å². The Kier molecular flexibility index (Phi) is 49.2. The summed E-state index contributed by atoms with van der Waals surface area (Å²) >= 11 is 0. The molecule has 0 aliphatic rings. The van der Waals surface area contributed by atoms with Crippen molar-refractivity contribution < 1.29 is 24.0 Å². The van der Waals surface area contributed by atoms with Crippen LogP contribution in [0.4, 0.5) is 62.6 Å². The van der Waals surface area contributed by atoms with Crippen molar-refractivity contribution in [2.45, 2.75) is 125 Å². The van der Waals surface area contributed by atoms with E-state index in [0.29, 0.717) is 90.4 Å². The van der Waals surface area contributed by atoms with Gasteiger partial charge in [0.15, 0.2) is 0 Å². The molecule has 0 saturated heterocycles. The summed E-state index contributed by atoms with van der Waals surface area (Å²) < 4.78 is 0. The van der Waals surface area contributed by atoms with E-state index in [1.165, 1.54) is 0 Å². The third kappa shape index (κ3) is 33.5. The van der Waals surface area contributed by atoms with E-state index in [4.69, 9.17) is 34.4 Å². The Hall–Kier alpha value is -10.9. The molecule has 0 heterocycles.